The van der Waals surface area contributed by atoms with Gasteiger partial charge >= 0.3 is 0 Å². The lowest BCUT2D eigenvalue weighted by molar-refractivity contribution is 0.527. The van der Waals surface area contributed by atoms with Gasteiger partial charge in [-0.25, -0.2) is 4.98 Å². The predicted molar refractivity (Wildman–Crippen MR) is 102 cm³/mol. The summed E-state index contributed by atoms with van der Waals surface area (Å²) in [7, 11) is 0. The van der Waals surface area contributed by atoms with E-state index in [1.54, 1.807) is 5.56 Å². The van der Waals surface area contributed by atoms with Gasteiger partial charge in [-0.2, -0.15) is 0 Å². The van der Waals surface area contributed by atoms with Gasteiger partial charge in [0.1, 0.15) is 5.82 Å². The molecule has 2 heteroatoms. The van der Waals surface area contributed by atoms with Crippen molar-refractivity contribution in [1.29, 1.82) is 0 Å². The third-order valence-electron chi connectivity index (χ3n) is 5.92. The number of fused-ring (bicyclic) bond motifs is 3. The third kappa shape index (κ3) is 1.77. The van der Waals surface area contributed by atoms with E-state index in [1.807, 2.05) is 0 Å². The highest BCUT2D eigenvalue weighted by molar-refractivity contribution is 5.96. The first kappa shape index (κ1) is 13.4. The summed E-state index contributed by atoms with van der Waals surface area (Å²) in [6.07, 6.45) is 9.16. The minimum atomic E-state index is 0.382. The van der Waals surface area contributed by atoms with Crippen LogP contribution in [0.1, 0.15) is 41.5 Å². The van der Waals surface area contributed by atoms with Gasteiger partial charge in [-0.3, -0.25) is 0 Å². The molecule has 2 aromatic rings. The molecule has 2 heterocycles. The highest BCUT2D eigenvalue weighted by Crippen LogP contribution is 2.49. The van der Waals surface area contributed by atoms with Crippen LogP contribution in [0.4, 0.5) is 0 Å². The molecular weight excluding hydrogens is 304 g/mol. The maximum atomic E-state index is 4.97. The molecule has 0 saturated heterocycles. The number of benzene rings is 2. The van der Waals surface area contributed by atoms with Crippen LogP contribution in [0.3, 0.4) is 0 Å². The number of para-hydroxylation sites is 1. The molecule has 0 aromatic heterocycles. The van der Waals surface area contributed by atoms with Gasteiger partial charge in [0, 0.05) is 17.1 Å². The fourth-order valence-corrected chi connectivity index (χ4v) is 4.87. The Balaban J connectivity index is 1.59. The lowest BCUT2D eigenvalue weighted by atomic mass is 9.89. The van der Waals surface area contributed by atoms with Crippen molar-refractivity contribution < 1.29 is 0 Å². The third-order valence-corrected chi connectivity index (χ3v) is 5.92. The Labute approximate surface area is 146 Å². The molecule has 0 N–H and O–H groups in total. The van der Waals surface area contributed by atoms with E-state index in [1.165, 1.54) is 28.5 Å². The van der Waals surface area contributed by atoms with Crippen LogP contribution < -0.4 is 0 Å². The second-order valence-electron chi connectivity index (χ2n) is 7.22. The molecular formula is C23H18N2. The Hall–Kier alpha value is -2.87. The summed E-state index contributed by atoms with van der Waals surface area (Å²) >= 11 is 0. The summed E-state index contributed by atoms with van der Waals surface area (Å²) in [5.41, 5.74) is 6.80. The van der Waals surface area contributed by atoms with Crippen molar-refractivity contribution in [2.24, 2.45) is 0 Å². The minimum absolute atomic E-state index is 0.382. The van der Waals surface area contributed by atoms with E-state index in [0.717, 1.165) is 17.8 Å². The fourth-order valence-electron chi connectivity index (χ4n) is 4.87. The lowest BCUT2D eigenvalue weighted by Gasteiger charge is -2.20. The number of rotatable bonds is 1. The molecule has 2 atom stereocenters. The van der Waals surface area contributed by atoms with Crippen molar-refractivity contribution >= 4 is 17.0 Å². The summed E-state index contributed by atoms with van der Waals surface area (Å²) in [5.74, 6) is 1.76. The summed E-state index contributed by atoms with van der Waals surface area (Å²) in [5, 5.41) is 1.25. The first-order valence-electron chi connectivity index (χ1n) is 9.05. The second-order valence-corrected chi connectivity index (χ2v) is 7.22. The van der Waals surface area contributed by atoms with Gasteiger partial charge in [-0.05, 0) is 53.6 Å². The molecule has 6 rings (SSSR count). The van der Waals surface area contributed by atoms with Crippen LogP contribution in [-0.4, -0.2) is 9.55 Å². The van der Waals surface area contributed by atoms with Crippen LogP contribution in [0.2, 0.25) is 0 Å². The van der Waals surface area contributed by atoms with Crippen molar-refractivity contribution in [3.63, 3.8) is 0 Å². The second kappa shape index (κ2) is 4.82. The Morgan fingerprint density at radius 3 is 2.92 bits per heavy atom. The monoisotopic (exact) mass is 322 g/mol. The molecule has 4 aliphatic rings. The van der Waals surface area contributed by atoms with Crippen LogP contribution in [0, 0.1) is 0 Å². The highest BCUT2D eigenvalue weighted by Gasteiger charge is 2.35. The predicted octanol–water partition coefficient (Wildman–Crippen LogP) is 5.63. The molecule has 0 bridgehead atoms. The first-order valence-corrected chi connectivity index (χ1v) is 9.05. The number of pyridine rings is 1. The highest BCUT2D eigenvalue weighted by atomic mass is 15.1. The number of aromatic nitrogens is 2. The topological polar surface area (TPSA) is 17.8 Å². The zero-order chi connectivity index (χ0) is 16.4. The standard InChI is InChI=1S/C23H18N2/c1-2-12-20-17(9-1)18-11-5-13-25(23(18)24-20)21-14-16-8-3-6-15-7-4-10-19(21)22(15)16/h1-7,9-13,16,21H,8,14H2. The van der Waals surface area contributed by atoms with E-state index in [-0.39, 0.29) is 0 Å². The Kier molecular flexibility index (Phi) is 2.59. The number of hydrogen-bond acceptors (Lipinski definition) is 1. The molecule has 0 saturated carbocycles. The van der Waals surface area contributed by atoms with E-state index >= 15 is 0 Å². The smallest absolute Gasteiger partial charge is 0.141 e. The van der Waals surface area contributed by atoms with Crippen LogP contribution >= 0.6 is 0 Å². The van der Waals surface area contributed by atoms with Crippen LogP contribution in [0.25, 0.3) is 28.4 Å². The molecule has 120 valence electrons. The van der Waals surface area contributed by atoms with Gasteiger partial charge in [0.05, 0.1) is 11.6 Å². The Morgan fingerprint density at radius 2 is 1.92 bits per heavy atom. The van der Waals surface area contributed by atoms with Gasteiger partial charge in [0.2, 0.25) is 0 Å². The van der Waals surface area contributed by atoms with E-state index in [0.29, 0.717) is 12.0 Å². The van der Waals surface area contributed by atoms with Crippen LogP contribution in [0.15, 0.2) is 66.9 Å². The molecule has 2 aromatic carbocycles. The summed E-state index contributed by atoms with van der Waals surface area (Å²) in [4.78, 5) is 4.97. The summed E-state index contributed by atoms with van der Waals surface area (Å²) in [6, 6.07) is 20.0. The average molecular weight is 322 g/mol. The van der Waals surface area contributed by atoms with Crippen molar-refractivity contribution in [3.8, 4) is 11.4 Å². The van der Waals surface area contributed by atoms with Gasteiger partial charge in [-0.1, -0.05) is 48.6 Å². The number of hydrogen-bond donors (Lipinski definition) is 0. The van der Waals surface area contributed by atoms with E-state index < -0.39 is 0 Å². The van der Waals surface area contributed by atoms with Crippen molar-refractivity contribution in [2.45, 2.75) is 24.8 Å². The normalized spacial score (nSPS) is 21.1. The zero-order valence-corrected chi connectivity index (χ0v) is 13.9. The number of allylic oxidation sites excluding steroid dienone is 1. The van der Waals surface area contributed by atoms with Gasteiger partial charge in [-0.15, -0.1) is 0 Å². The van der Waals surface area contributed by atoms with Crippen molar-refractivity contribution in [2.75, 3.05) is 0 Å². The molecule has 2 nitrogen and oxygen atoms in total. The van der Waals surface area contributed by atoms with Crippen molar-refractivity contribution in [3.05, 3.63) is 83.6 Å². The number of nitrogens with zero attached hydrogens (tertiary/aromatic N) is 2. The summed E-state index contributed by atoms with van der Waals surface area (Å²) < 4.78 is 2.41. The Bertz CT molecular complexity index is 1120. The largest absolute Gasteiger partial charge is 0.325 e. The Morgan fingerprint density at radius 1 is 0.960 bits per heavy atom. The molecule has 0 amide bonds. The van der Waals surface area contributed by atoms with E-state index in [2.05, 4.69) is 77.5 Å². The van der Waals surface area contributed by atoms with Crippen LogP contribution in [0.5, 0.6) is 0 Å². The molecule has 2 aliphatic heterocycles. The first-order chi connectivity index (χ1) is 12.4. The zero-order valence-electron chi connectivity index (χ0n) is 13.9. The van der Waals surface area contributed by atoms with Gasteiger partial charge in [0.15, 0.2) is 0 Å². The molecule has 2 unspecified atom stereocenters. The maximum Gasteiger partial charge on any atom is 0.141 e. The average Bonchev–Trinajstić information content (AvgIpc) is 3.22. The van der Waals surface area contributed by atoms with Crippen molar-refractivity contribution in [1.82, 2.24) is 9.55 Å². The molecule has 0 spiro atoms. The molecule has 2 aliphatic carbocycles. The lowest BCUT2D eigenvalue weighted by Crippen LogP contribution is -2.11. The van der Waals surface area contributed by atoms with E-state index in [9.17, 15) is 0 Å². The van der Waals surface area contributed by atoms with Gasteiger partial charge in [0.25, 0.3) is 0 Å². The van der Waals surface area contributed by atoms with E-state index in [4.69, 9.17) is 4.98 Å². The maximum absolute atomic E-state index is 4.97. The molecule has 0 fully saturated rings. The van der Waals surface area contributed by atoms with Gasteiger partial charge < -0.3 is 4.57 Å². The fraction of sp³-hybridized carbons (Fsp3) is 0.174. The molecule has 0 radical (unpaired) electrons. The minimum Gasteiger partial charge on any atom is -0.325 e. The summed E-state index contributed by atoms with van der Waals surface area (Å²) in [6.45, 7) is 0. The molecule has 25 heavy (non-hydrogen) atoms. The van der Waals surface area contributed by atoms with Crippen LogP contribution in [-0.2, 0) is 0 Å². The SMILES string of the molecule is C1=Cc2cccc3c2C(C1)CC3n1cccc2c3ccccc3nc1-2. The quantitative estimate of drug-likeness (QED) is 0.444.